The van der Waals surface area contributed by atoms with E-state index >= 15 is 0 Å². The number of nitrogens with zero attached hydrogens (tertiary/aromatic N) is 1. The maximum Gasteiger partial charge on any atom is 0.150 e. The maximum absolute atomic E-state index is 7.44. The van der Waals surface area contributed by atoms with E-state index in [1.165, 1.54) is 0 Å². The van der Waals surface area contributed by atoms with Gasteiger partial charge in [0.2, 0.25) is 0 Å². The largest absolute Gasteiger partial charge is 0.383 e. The molecule has 1 aliphatic heterocycles. The molecule has 0 spiro atoms. The minimum atomic E-state index is 0.349. The molecule has 0 bridgehead atoms. The molecule has 3 heteroatoms. The lowest BCUT2D eigenvalue weighted by atomic mass is 10.0. The van der Waals surface area contributed by atoms with E-state index in [4.69, 9.17) is 11.1 Å². The molecule has 0 saturated heterocycles. The van der Waals surface area contributed by atoms with Crippen molar-refractivity contribution < 1.29 is 0 Å². The average Bonchev–Trinajstić information content (AvgIpc) is 2.24. The molecule has 11 heavy (non-hydrogen) atoms. The van der Waals surface area contributed by atoms with Crippen LogP contribution in [0.4, 0.5) is 0 Å². The molecule has 0 radical (unpaired) electrons. The monoisotopic (exact) mass is 151 g/mol. The molecular weight excluding hydrogens is 138 g/mol. The molecule has 0 saturated carbocycles. The SMILES string of the molecule is CCC1=C(CC)C(N)=NC1=N. The summed E-state index contributed by atoms with van der Waals surface area (Å²) in [6.07, 6.45) is 1.73. The van der Waals surface area contributed by atoms with E-state index in [1.807, 2.05) is 13.8 Å². The van der Waals surface area contributed by atoms with Gasteiger partial charge in [-0.1, -0.05) is 13.8 Å². The number of amidine groups is 2. The van der Waals surface area contributed by atoms with Gasteiger partial charge >= 0.3 is 0 Å². The van der Waals surface area contributed by atoms with Gasteiger partial charge in [-0.25, -0.2) is 4.99 Å². The van der Waals surface area contributed by atoms with Crippen LogP contribution < -0.4 is 5.73 Å². The molecule has 0 atom stereocenters. The second-order valence-corrected chi connectivity index (χ2v) is 2.51. The van der Waals surface area contributed by atoms with Crippen molar-refractivity contribution in [1.29, 1.82) is 5.41 Å². The molecular formula is C8H13N3. The summed E-state index contributed by atoms with van der Waals surface area (Å²) in [5.41, 5.74) is 7.66. The number of rotatable bonds is 2. The maximum atomic E-state index is 7.44. The van der Waals surface area contributed by atoms with Crippen molar-refractivity contribution in [1.82, 2.24) is 0 Å². The Labute approximate surface area is 66.5 Å². The summed E-state index contributed by atoms with van der Waals surface area (Å²) in [4.78, 5) is 3.90. The van der Waals surface area contributed by atoms with Crippen LogP contribution in [0.1, 0.15) is 26.7 Å². The molecule has 3 nitrogen and oxygen atoms in total. The highest BCUT2D eigenvalue weighted by Crippen LogP contribution is 2.19. The number of nitrogens with two attached hydrogens (primary N) is 1. The Bertz CT molecular complexity index is 248. The van der Waals surface area contributed by atoms with Crippen molar-refractivity contribution in [3.05, 3.63) is 11.1 Å². The molecule has 1 rings (SSSR count). The number of nitrogens with one attached hydrogen (secondary N) is 1. The van der Waals surface area contributed by atoms with E-state index in [2.05, 4.69) is 4.99 Å². The third kappa shape index (κ3) is 1.18. The molecule has 0 aromatic rings. The minimum Gasteiger partial charge on any atom is -0.383 e. The lowest BCUT2D eigenvalue weighted by Crippen LogP contribution is -2.11. The van der Waals surface area contributed by atoms with E-state index in [9.17, 15) is 0 Å². The summed E-state index contributed by atoms with van der Waals surface area (Å²) in [7, 11) is 0. The van der Waals surface area contributed by atoms with E-state index in [0.29, 0.717) is 11.7 Å². The van der Waals surface area contributed by atoms with Crippen LogP contribution in [0.15, 0.2) is 16.1 Å². The van der Waals surface area contributed by atoms with Gasteiger partial charge in [0.15, 0.2) is 0 Å². The zero-order chi connectivity index (χ0) is 8.43. The molecule has 3 N–H and O–H groups in total. The predicted molar refractivity (Wildman–Crippen MR) is 47.0 cm³/mol. The molecule has 0 aromatic heterocycles. The van der Waals surface area contributed by atoms with Crippen molar-refractivity contribution in [2.45, 2.75) is 26.7 Å². The Hall–Kier alpha value is -1.12. The van der Waals surface area contributed by atoms with Crippen LogP contribution >= 0.6 is 0 Å². The van der Waals surface area contributed by atoms with Gasteiger partial charge in [-0.15, -0.1) is 0 Å². The molecule has 0 fully saturated rings. The van der Waals surface area contributed by atoms with Crippen molar-refractivity contribution in [3.8, 4) is 0 Å². The van der Waals surface area contributed by atoms with Crippen LogP contribution in [-0.2, 0) is 0 Å². The third-order valence-corrected chi connectivity index (χ3v) is 1.90. The van der Waals surface area contributed by atoms with E-state index in [-0.39, 0.29) is 0 Å². The fourth-order valence-corrected chi connectivity index (χ4v) is 1.33. The summed E-state index contributed by atoms with van der Waals surface area (Å²) in [5.74, 6) is 0.885. The highest BCUT2D eigenvalue weighted by molar-refractivity contribution is 6.18. The van der Waals surface area contributed by atoms with Gasteiger partial charge in [-0.3, -0.25) is 5.41 Å². The standard InChI is InChI=1S/C8H13N3/c1-3-5-6(4-2)8(10)11-7(5)9/h3-4H2,1-2H3,(H3,9,10,11). The highest BCUT2D eigenvalue weighted by Gasteiger charge is 2.18. The average molecular weight is 151 g/mol. The zero-order valence-corrected chi connectivity index (χ0v) is 6.94. The fourth-order valence-electron chi connectivity index (χ4n) is 1.33. The van der Waals surface area contributed by atoms with Crippen LogP contribution in [0.3, 0.4) is 0 Å². The van der Waals surface area contributed by atoms with Crippen molar-refractivity contribution >= 4 is 11.7 Å². The van der Waals surface area contributed by atoms with Gasteiger partial charge in [-0.2, -0.15) is 0 Å². The first-order valence-corrected chi connectivity index (χ1v) is 3.86. The molecule has 60 valence electrons. The van der Waals surface area contributed by atoms with Crippen LogP contribution in [0.2, 0.25) is 0 Å². The van der Waals surface area contributed by atoms with Crippen molar-refractivity contribution in [2.24, 2.45) is 10.7 Å². The van der Waals surface area contributed by atoms with Crippen LogP contribution in [0.5, 0.6) is 0 Å². The summed E-state index contributed by atoms with van der Waals surface area (Å²) < 4.78 is 0. The van der Waals surface area contributed by atoms with Crippen LogP contribution in [0.25, 0.3) is 0 Å². The Morgan fingerprint density at radius 1 is 1.27 bits per heavy atom. The predicted octanol–water partition coefficient (Wildman–Crippen LogP) is 1.45. The van der Waals surface area contributed by atoms with Crippen molar-refractivity contribution in [3.63, 3.8) is 0 Å². The first-order valence-electron chi connectivity index (χ1n) is 3.86. The van der Waals surface area contributed by atoms with Gasteiger partial charge in [0, 0.05) is 11.1 Å². The van der Waals surface area contributed by atoms with E-state index in [0.717, 1.165) is 24.0 Å². The normalized spacial score (nSPS) is 17.6. The first kappa shape index (κ1) is 7.98. The second kappa shape index (κ2) is 2.86. The van der Waals surface area contributed by atoms with Gasteiger partial charge in [0.1, 0.15) is 11.7 Å². The molecule has 0 aliphatic carbocycles. The molecule has 0 unspecified atom stereocenters. The fraction of sp³-hybridized carbons (Fsp3) is 0.500. The second-order valence-electron chi connectivity index (χ2n) is 2.51. The molecule has 0 aromatic carbocycles. The van der Waals surface area contributed by atoms with E-state index in [1.54, 1.807) is 0 Å². The molecule has 1 aliphatic rings. The smallest absolute Gasteiger partial charge is 0.150 e. The van der Waals surface area contributed by atoms with Gasteiger partial charge in [0.25, 0.3) is 0 Å². The quantitative estimate of drug-likeness (QED) is 0.616. The molecule has 1 heterocycles. The summed E-state index contributed by atoms with van der Waals surface area (Å²) in [5, 5.41) is 7.44. The Morgan fingerprint density at radius 3 is 2.18 bits per heavy atom. The summed E-state index contributed by atoms with van der Waals surface area (Å²) >= 11 is 0. The highest BCUT2D eigenvalue weighted by atomic mass is 14.9. The summed E-state index contributed by atoms with van der Waals surface area (Å²) in [6, 6.07) is 0. The van der Waals surface area contributed by atoms with Gasteiger partial charge < -0.3 is 5.73 Å². The van der Waals surface area contributed by atoms with Gasteiger partial charge in [0.05, 0.1) is 0 Å². The Morgan fingerprint density at radius 2 is 1.82 bits per heavy atom. The van der Waals surface area contributed by atoms with E-state index < -0.39 is 0 Å². The lowest BCUT2D eigenvalue weighted by Gasteiger charge is -2.00. The number of aliphatic imine (C=N–C) groups is 1. The minimum absolute atomic E-state index is 0.349. The Balaban J connectivity index is 3.04. The zero-order valence-electron chi connectivity index (χ0n) is 6.94. The topological polar surface area (TPSA) is 62.2 Å². The third-order valence-electron chi connectivity index (χ3n) is 1.90. The first-order chi connectivity index (χ1) is 5.20. The number of hydrogen-bond acceptors (Lipinski definition) is 2. The van der Waals surface area contributed by atoms with Crippen LogP contribution in [0, 0.1) is 5.41 Å². The number of hydrogen-bond donors (Lipinski definition) is 2. The summed E-state index contributed by atoms with van der Waals surface area (Å²) in [6.45, 7) is 4.06. The van der Waals surface area contributed by atoms with Crippen LogP contribution in [-0.4, -0.2) is 11.7 Å². The Kier molecular flexibility index (Phi) is 2.08. The lowest BCUT2D eigenvalue weighted by molar-refractivity contribution is 1.08. The van der Waals surface area contributed by atoms with Crippen molar-refractivity contribution in [2.75, 3.05) is 0 Å². The van der Waals surface area contributed by atoms with Gasteiger partial charge in [-0.05, 0) is 12.8 Å². The molecule has 0 amide bonds.